The average molecular weight is 368 g/mol. The molecule has 5 rings (SSSR count). The highest BCUT2D eigenvalue weighted by Crippen LogP contribution is 2.33. The van der Waals surface area contributed by atoms with Crippen LogP contribution >= 0.6 is 0 Å². The molecule has 12 nitrogen and oxygen atoms in total. The van der Waals surface area contributed by atoms with Crippen molar-refractivity contribution >= 4 is 40.8 Å². The number of aliphatic hydroxyl groups excluding tert-OH is 1. The molecule has 0 radical (unpaired) electrons. The first kappa shape index (κ1) is 16.0. The maximum Gasteiger partial charge on any atom is 0.258 e. The van der Waals surface area contributed by atoms with Crippen molar-refractivity contribution in [3.63, 3.8) is 0 Å². The second kappa shape index (κ2) is 5.62. The molecule has 0 amide bonds. The molecular formula is C15H16N10O2. The first-order valence-corrected chi connectivity index (χ1v) is 8.39. The van der Waals surface area contributed by atoms with Crippen molar-refractivity contribution in [3.05, 3.63) is 12.7 Å². The lowest BCUT2D eigenvalue weighted by molar-refractivity contribution is 0.0378. The van der Waals surface area contributed by atoms with Gasteiger partial charge in [0.2, 0.25) is 0 Å². The topological polar surface area (TPSA) is 175 Å². The normalized spacial score (nSPS) is 29.6. The summed E-state index contributed by atoms with van der Waals surface area (Å²) in [7, 11) is 0. The molecule has 27 heavy (non-hydrogen) atoms. The molecule has 1 fully saturated rings. The van der Waals surface area contributed by atoms with E-state index in [2.05, 4.69) is 34.9 Å². The van der Waals surface area contributed by atoms with Gasteiger partial charge in [0.1, 0.15) is 24.3 Å². The second-order valence-corrected chi connectivity index (χ2v) is 6.39. The van der Waals surface area contributed by atoms with Crippen LogP contribution in [0.15, 0.2) is 32.6 Å². The Kier molecular flexibility index (Phi) is 3.32. The zero-order valence-corrected chi connectivity index (χ0v) is 14.1. The van der Waals surface area contributed by atoms with Crippen LogP contribution in [0.5, 0.6) is 0 Å². The summed E-state index contributed by atoms with van der Waals surface area (Å²) < 4.78 is 7.39. The molecule has 5 heterocycles. The molecule has 0 saturated carbocycles. The van der Waals surface area contributed by atoms with Crippen molar-refractivity contribution in [2.75, 3.05) is 12.3 Å². The Morgan fingerprint density at radius 1 is 1.22 bits per heavy atom. The number of aromatic nitrogens is 4. The molecular weight excluding hydrogens is 352 g/mol. The number of nitrogen functional groups attached to an aromatic ring is 1. The molecule has 138 valence electrons. The molecule has 2 aromatic rings. The highest BCUT2D eigenvalue weighted by Gasteiger charge is 2.49. The summed E-state index contributed by atoms with van der Waals surface area (Å²) >= 11 is 0. The van der Waals surface area contributed by atoms with Gasteiger partial charge in [-0.1, -0.05) is 0 Å². The van der Waals surface area contributed by atoms with Gasteiger partial charge in [-0.05, 0) is 12.8 Å². The van der Waals surface area contributed by atoms with E-state index >= 15 is 0 Å². The van der Waals surface area contributed by atoms with Crippen molar-refractivity contribution in [2.45, 2.75) is 30.7 Å². The van der Waals surface area contributed by atoms with Gasteiger partial charge in [-0.25, -0.2) is 34.9 Å². The molecule has 3 atom stereocenters. The third kappa shape index (κ3) is 2.13. The molecule has 12 heteroatoms. The molecule has 3 aliphatic heterocycles. The molecule has 0 aromatic carbocycles. The van der Waals surface area contributed by atoms with Crippen LogP contribution in [0.2, 0.25) is 0 Å². The van der Waals surface area contributed by atoms with Crippen LogP contribution in [0.1, 0.15) is 12.8 Å². The lowest BCUT2D eigenvalue weighted by Gasteiger charge is -2.30. The summed E-state index contributed by atoms with van der Waals surface area (Å²) in [4.78, 5) is 30.2. The predicted octanol–water partition coefficient (Wildman–Crippen LogP) is -1.19. The Bertz CT molecular complexity index is 1050. The number of imidazole rings is 1. The predicted molar refractivity (Wildman–Crippen MR) is 97.7 cm³/mol. The number of fused-ring (bicyclic) bond motifs is 2. The zero-order chi connectivity index (χ0) is 18.6. The zero-order valence-electron chi connectivity index (χ0n) is 14.1. The van der Waals surface area contributed by atoms with Gasteiger partial charge >= 0.3 is 0 Å². The minimum absolute atomic E-state index is 0.0425. The van der Waals surface area contributed by atoms with Crippen molar-refractivity contribution in [3.8, 4) is 0 Å². The first-order chi connectivity index (χ1) is 13.1. The standard InChI is InChI=1S/C15H16N10O2/c16-10-9-12(19-4-18-10)25(6-21-9)15-13(17)23-11(24-14(15)20-5-22-15)8-2-1-7(3-26)27-8/h4-8,26H,1-3H2,(H2,16,18,19)(H2,17,20,22,23,24)/t7-,8?,15?/m0/s1. The molecule has 0 bridgehead atoms. The fourth-order valence-electron chi connectivity index (χ4n) is 3.49. The number of anilines is 1. The third-order valence-corrected chi connectivity index (χ3v) is 4.86. The molecule has 5 N–H and O–H groups in total. The Hall–Kier alpha value is -3.25. The number of hydrogen-bond acceptors (Lipinski definition) is 11. The monoisotopic (exact) mass is 368 g/mol. The first-order valence-electron chi connectivity index (χ1n) is 8.39. The summed E-state index contributed by atoms with van der Waals surface area (Å²) in [5.41, 5.74) is 11.8. The second-order valence-electron chi connectivity index (χ2n) is 6.39. The highest BCUT2D eigenvalue weighted by molar-refractivity contribution is 6.25. The van der Waals surface area contributed by atoms with Gasteiger partial charge in [-0.3, -0.25) is 4.57 Å². The van der Waals surface area contributed by atoms with Crippen LogP contribution in [-0.4, -0.2) is 67.3 Å². The van der Waals surface area contributed by atoms with Crippen molar-refractivity contribution < 1.29 is 9.84 Å². The van der Waals surface area contributed by atoms with E-state index in [1.54, 1.807) is 4.57 Å². The van der Waals surface area contributed by atoms with Gasteiger partial charge in [0.05, 0.1) is 19.0 Å². The van der Waals surface area contributed by atoms with Gasteiger partial charge in [0, 0.05) is 0 Å². The van der Waals surface area contributed by atoms with Crippen LogP contribution in [0.3, 0.4) is 0 Å². The van der Waals surface area contributed by atoms with E-state index in [1.807, 2.05) is 0 Å². The molecule has 1 saturated heterocycles. The largest absolute Gasteiger partial charge is 0.394 e. The SMILES string of the molecule is NC1=NC(C2CC[C@@H](CO)O2)=NC2=NC=NC12n1cnc2c(N)ncnc21. The molecule has 2 unspecified atom stereocenters. The summed E-state index contributed by atoms with van der Waals surface area (Å²) in [5.74, 6) is 1.19. The van der Waals surface area contributed by atoms with Gasteiger partial charge in [0.15, 0.2) is 29.0 Å². The molecule has 0 spiro atoms. The Balaban J connectivity index is 1.60. The Morgan fingerprint density at radius 3 is 2.93 bits per heavy atom. The Labute approximate surface area is 152 Å². The summed E-state index contributed by atoms with van der Waals surface area (Å²) in [5, 5.41) is 9.27. The number of amidine groups is 3. The van der Waals surface area contributed by atoms with Crippen LogP contribution < -0.4 is 11.5 Å². The van der Waals surface area contributed by atoms with Crippen molar-refractivity contribution in [2.24, 2.45) is 25.7 Å². The minimum atomic E-state index is -1.27. The van der Waals surface area contributed by atoms with Gasteiger partial charge in [-0.2, -0.15) is 0 Å². The summed E-state index contributed by atoms with van der Waals surface area (Å²) in [6.45, 7) is -0.0425. The fourth-order valence-corrected chi connectivity index (χ4v) is 3.49. The highest BCUT2D eigenvalue weighted by atomic mass is 16.5. The van der Waals surface area contributed by atoms with E-state index in [9.17, 15) is 5.11 Å². The van der Waals surface area contributed by atoms with Crippen LogP contribution in [0.4, 0.5) is 5.82 Å². The lowest BCUT2D eigenvalue weighted by Crippen LogP contribution is -2.52. The van der Waals surface area contributed by atoms with E-state index in [1.165, 1.54) is 19.0 Å². The van der Waals surface area contributed by atoms with Gasteiger partial charge < -0.3 is 21.3 Å². The van der Waals surface area contributed by atoms with Crippen LogP contribution in [-0.2, 0) is 10.4 Å². The van der Waals surface area contributed by atoms with E-state index in [0.29, 0.717) is 29.3 Å². The summed E-state index contributed by atoms with van der Waals surface area (Å²) in [6.07, 6.45) is 5.09. The molecule has 2 aromatic heterocycles. The smallest absolute Gasteiger partial charge is 0.258 e. The Morgan fingerprint density at radius 2 is 2.11 bits per heavy atom. The number of ether oxygens (including phenoxy) is 1. The minimum Gasteiger partial charge on any atom is -0.394 e. The van der Waals surface area contributed by atoms with E-state index in [0.717, 1.165) is 6.42 Å². The van der Waals surface area contributed by atoms with Crippen LogP contribution in [0, 0.1) is 0 Å². The number of aliphatic hydroxyl groups is 1. The molecule has 0 aliphatic carbocycles. The maximum absolute atomic E-state index is 9.27. The van der Waals surface area contributed by atoms with Crippen molar-refractivity contribution in [1.82, 2.24) is 19.5 Å². The number of rotatable bonds is 3. The number of aliphatic imine (C=N–C) groups is 4. The lowest BCUT2D eigenvalue weighted by atomic mass is 10.1. The van der Waals surface area contributed by atoms with E-state index in [4.69, 9.17) is 16.2 Å². The number of nitrogens with zero attached hydrogens (tertiary/aromatic N) is 8. The van der Waals surface area contributed by atoms with Crippen LogP contribution in [0.25, 0.3) is 11.2 Å². The maximum atomic E-state index is 9.27. The quantitative estimate of drug-likeness (QED) is 0.610. The van der Waals surface area contributed by atoms with E-state index in [-0.39, 0.29) is 30.5 Å². The molecule has 3 aliphatic rings. The third-order valence-electron chi connectivity index (χ3n) is 4.86. The average Bonchev–Trinajstić information content (AvgIpc) is 3.39. The van der Waals surface area contributed by atoms with Crippen molar-refractivity contribution in [1.29, 1.82) is 0 Å². The number of hydrogen-bond donors (Lipinski definition) is 3. The number of nitrogens with two attached hydrogens (primary N) is 2. The van der Waals surface area contributed by atoms with Gasteiger partial charge in [-0.15, -0.1) is 0 Å². The van der Waals surface area contributed by atoms with Gasteiger partial charge in [0.25, 0.3) is 5.66 Å². The van der Waals surface area contributed by atoms with E-state index < -0.39 is 5.66 Å². The fraction of sp³-hybridized carbons (Fsp3) is 0.400. The summed E-state index contributed by atoms with van der Waals surface area (Å²) in [6, 6.07) is 0.